The van der Waals surface area contributed by atoms with Crippen LogP contribution in [0.2, 0.25) is 0 Å². The first-order valence-corrected chi connectivity index (χ1v) is 4.47. The standard InChI is InChI=1S/C10H11N3O/c1-2-13-6-12-9-4-3-7(11)5-8(9)10(13)14/h3-6H,2,11H2,1H3. The van der Waals surface area contributed by atoms with Crippen molar-refractivity contribution in [2.24, 2.45) is 0 Å². The lowest BCUT2D eigenvalue weighted by Crippen LogP contribution is -2.19. The number of aromatic nitrogens is 2. The number of fused-ring (bicyclic) bond motifs is 1. The number of nitrogens with zero attached hydrogens (tertiary/aromatic N) is 2. The lowest BCUT2D eigenvalue weighted by molar-refractivity contribution is 0.717. The van der Waals surface area contributed by atoms with Gasteiger partial charge in [0.15, 0.2) is 0 Å². The van der Waals surface area contributed by atoms with Crippen molar-refractivity contribution in [3.05, 3.63) is 34.9 Å². The summed E-state index contributed by atoms with van der Waals surface area (Å²) in [5.74, 6) is 0. The summed E-state index contributed by atoms with van der Waals surface area (Å²) in [6.07, 6.45) is 1.56. The fourth-order valence-electron chi connectivity index (χ4n) is 1.40. The summed E-state index contributed by atoms with van der Waals surface area (Å²) in [6.45, 7) is 2.53. The van der Waals surface area contributed by atoms with Gasteiger partial charge in [0.2, 0.25) is 0 Å². The Kier molecular flexibility index (Phi) is 1.96. The van der Waals surface area contributed by atoms with Gasteiger partial charge in [-0.2, -0.15) is 0 Å². The molecular weight excluding hydrogens is 178 g/mol. The van der Waals surface area contributed by atoms with Gasteiger partial charge in [-0.25, -0.2) is 4.98 Å². The lowest BCUT2D eigenvalue weighted by Gasteiger charge is -2.03. The molecule has 0 spiro atoms. The third kappa shape index (κ3) is 1.25. The molecule has 14 heavy (non-hydrogen) atoms. The molecule has 0 aliphatic carbocycles. The molecule has 0 aliphatic heterocycles. The Hall–Kier alpha value is -1.84. The number of anilines is 1. The van der Waals surface area contributed by atoms with Gasteiger partial charge >= 0.3 is 0 Å². The second kappa shape index (κ2) is 3.14. The Labute approximate surface area is 81.0 Å². The van der Waals surface area contributed by atoms with Gasteiger partial charge in [-0.15, -0.1) is 0 Å². The minimum atomic E-state index is -0.0372. The smallest absolute Gasteiger partial charge is 0.261 e. The highest BCUT2D eigenvalue weighted by Crippen LogP contribution is 2.10. The van der Waals surface area contributed by atoms with E-state index in [4.69, 9.17) is 5.73 Å². The van der Waals surface area contributed by atoms with Gasteiger partial charge in [0.25, 0.3) is 5.56 Å². The summed E-state index contributed by atoms with van der Waals surface area (Å²) in [5, 5.41) is 0.578. The van der Waals surface area contributed by atoms with Crippen LogP contribution in [0.15, 0.2) is 29.3 Å². The highest BCUT2D eigenvalue weighted by molar-refractivity contribution is 5.80. The van der Waals surface area contributed by atoms with Gasteiger partial charge in [0.05, 0.1) is 17.2 Å². The number of nitrogens with two attached hydrogens (primary N) is 1. The molecule has 2 aromatic rings. The number of benzene rings is 1. The molecule has 0 fully saturated rings. The molecule has 4 nitrogen and oxygen atoms in total. The molecule has 0 aliphatic rings. The van der Waals surface area contributed by atoms with E-state index in [1.54, 1.807) is 29.1 Å². The molecule has 72 valence electrons. The van der Waals surface area contributed by atoms with Crippen LogP contribution in [0.1, 0.15) is 6.92 Å². The van der Waals surface area contributed by atoms with E-state index in [0.717, 1.165) is 0 Å². The van der Waals surface area contributed by atoms with Crippen LogP contribution in [0.5, 0.6) is 0 Å². The fourth-order valence-corrected chi connectivity index (χ4v) is 1.40. The molecule has 4 heteroatoms. The fraction of sp³-hybridized carbons (Fsp3) is 0.200. The minimum absolute atomic E-state index is 0.0372. The first-order valence-electron chi connectivity index (χ1n) is 4.47. The van der Waals surface area contributed by atoms with Crippen molar-refractivity contribution in [2.45, 2.75) is 13.5 Å². The van der Waals surface area contributed by atoms with E-state index in [0.29, 0.717) is 23.1 Å². The Morgan fingerprint density at radius 3 is 3.00 bits per heavy atom. The molecule has 1 heterocycles. The summed E-state index contributed by atoms with van der Waals surface area (Å²) in [7, 11) is 0. The number of rotatable bonds is 1. The summed E-state index contributed by atoms with van der Waals surface area (Å²) >= 11 is 0. The average Bonchev–Trinajstić information content (AvgIpc) is 2.20. The second-order valence-corrected chi connectivity index (χ2v) is 3.11. The summed E-state index contributed by atoms with van der Waals surface area (Å²) in [5.41, 5.74) is 6.85. The maximum atomic E-state index is 11.8. The first-order chi connectivity index (χ1) is 6.72. The van der Waals surface area contributed by atoms with Gasteiger partial charge in [0.1, 0.15) is 0 Å². The number of aryl methyl sites for hydroxylation is 1. The molecule has 0 unspecified atom stereocenters. The number of hydrogen-bond acceptors (Lipinski definition) is 3. The van der Waals surface area contributed by atoms with Gasteiger partial charge in [-0.3, -0.25) is 9.36 Å². The van der Waals surface area contributed by atoms with Crippen molar-refractivity contribution >= 4 is 16.6 Å². The third-order valence-corrected chi connectivity index (χ3v) is 2.19. The van der Waals surface area contributed by atoms with Gasteiger partial charge in [-0.05, 0) is 25.1 Å². The predicted molar refractivity (Wildman–Crippen MR) is 56.1 cm³/mol. The number of hydrogen-bond donors (Lipinski definition) is 1. The van der Waals surface area contributed by atoms with Crippen molar-refractivity contribution in [1.29, 1.82) is 0 Å². The molecule has 0 saturated heterocycles. The monoisotopic (exact) mass is 189 g/mol. The van der Waals surface area contributed by atoms with Crippen molar-refractivity contribution in [1.82, 2.24) is 9.55 Å². The van der Waals surface area contributed by atoms with Crippen LogP contribution in [0.25, 0.3) is 10.9 Å². The van der Waals surface area contributed by atoms with Crippen LogP contribution in [-0.2, 0) is 6.54 Å². The zero-order valence-electron chi connectivity index (χ0n) is 7.90. The Balaban J connectivity index is 2.87. The Bertz CT molecular complexity index is 530. The molecule has 2 rings (SSSR count). The largest absolute Gasteiger partial charge is 0.399 e. The average molecular weight is 189 g/mol. The predicted octanol–water partition coefficient (Wildman–Crippen LogP) is 0.999. The first kappa shape index (κ1) is 8.74. The van der Waals surface area contributed by atoms with Crippen LogP contribution >= 0.6 is 0 Å². The molecule has 0 bridgehead atoms. The van der Waals surface area contributed by atoms with Gasteiger partial charge < -0.3 is 5.73 Å². The zero-order valence-corrected chi connectivity index (χ0v) is 7.90. The van der Waals surface area contributed by atoms with Crippen molar-refractivity contribution in [3.63, 3.8) is 0 Å². The van der Waals surface area contributed by atoms with E-state index in [2.05, 4.69) is 4.98 Å². The SMILES string of the molecule is CCn1cnc2ccc(N)cc2c1=O. The van der Waals surface area contributed by atoms with Crippen LogP contribution in [0.3, 0.4) is 0 Å². The molecule has 1 aromatic heterocycles. The molecule has 1 aromatic carbocycles. The summed E-state index contributed by atoms with van der Waals surface area (Å²) in [6, 6.07) is 5.16. The molecule has 0 atom stereocenters. The molecule has 2 N–H and O–H groups in total. The van der Waals surface area contributed by atoms with Gasteiger partial charge in [-0.1, -0.05) is 0 Å². The Morgan fingerprint density at radius 1 is 1.50 bits per heavy atom. The van der Waals surface area contributed by atoms with Crippen molar-refractivity contribution in [3.8, 4) is 0 Å². The maximum absolute atomic E-state index is 11.8. The minimum Gasteiger partial charge on any atom is -0.399 e. The topological polar surface area (TPSA) is 60.9 Å². The van der Waals surface area contributed by atoms with Crippen molar-refractivity contribution in [2.75, 3.05) is 5.73 Å². The molecule has 0 amide bonds. The van der Waals surface area contributed by atoms with Crippen LogP contribution in [0.4, 0.5) is 5.69 Å². The van der Waals surface area contributed by atoms with E-state index in [1.165, 1.54) is 0 Å². The number of nitrogen functional groups attached to an aromatic ring is 1. The van der Waals surface area contributed by atoms with Crippen LogP contribution in [-0.4, -0.2) is 9.55 Å². The van der Waals surface area contributed by atoms with Gasteiger partial charge in [0, 0.05) is 12.2 Å². The zero-order chi connectivity index (χ0) is 10.1. The Morgan fingerprint density at radius 2 is 2.29 bits per heavy atom. The van der Waals surface area contributed by atoms with E-state index in [-0.39, 0.29) is 5.56 Å². The maximum Gasteiger partial charge on any atom is 0.261 e. The van der Waals surface area contributed by atoms with E-state index in [9.17, 15) is 4.79 Å². The molecule has 0 saturated carbocycles. The van der Waals surface area contributed by atoms with Crippen LogP contribution in [0, 0.1) is 0 Å². The summed E-state index contributed by atoms with van der Waals surface area (Å²) < 4.78 is 1.56. The molecule has 0 radical (unpaired) electrons. The van der Waals surface area contributed by atoms with E-state index < -0.39 is 0 Å². The molecular formula is C10H11N3O. The van der Waals surface area contributed by atoms with E-state index >= 15 is 0 Å². The highest BCUT2D eigenvalue weighted by atomic mass is 16.1. The van der Waals surface area contributed by atoms with Crippen LogP contribution < -0.4 is 11.3 Å². The summed E-state index contributed by atoms with van der Waals surface area (Å²) in [4.78, 5) is 15.9. The van der Waals surface area contributed by atoms with E-state index in [1.807, 2.05) is 6.92 Å². The lowest BCUT2D eigenvalue weighted by atomic mass is 10.2. The second-order valence-electron chi connectivity index (χ2n) is 3.11. The highest BCUT2D eigenvalue weighted by Gasteiger charge is 2.02. The third-order valence-electron chi connectivity index (χ3n) is 2.19. The quantitative estimate of drug-likeness (QED) is 0.681. The normalized spacial score (nSPS) is 10.6. The van der Waals surface area contributed by atoms with Crippen molar-refractivity contribution < 1.29 is 0 Å².